The molecule has 0 spiro atoms. The molecule has 1 amide bonds. The average Bonchev–Trinajstić information content (AvgIpc) is 3.18. The first kappa shape index (κ1) is 18.8. The second-order valence-electron chi connectivity index (χ2n) is 5.67. The molecule has 3 rings (SSSR count). The monoisotopic (exact) mass is 379 g/mol. The van der Waals surface area contributed by atoms with Crippen LogP contribution in [0.15, 0.2) is 70.2 Å². The highest BCUT2D eigenvalue weighted by Gasteiger charge is 2.10. The summed E-state index contributed by atoms with van der Waals surface area (Å²) in [6.07, 6.45) is 1.35. The molecule has 3 aromatic rings. The van der Waals surface area contributed by atoms with Crippen molar-refractivity contribution in [1.82, 2.24) is 5.43 Å². The van der Waals surface area contributed by atoms with Crippen molar-refractivity contribution in [3.05, 3.63) is 82.1 Å². The number of rotatable bonds is 7. The Hall–Kier alpha value is -3.94. The number of hydrazone groups is 1. The van der Waals surface area contributed by atoms with Crippen molar-refractivity contribution in [2.75, 3.05) is 6.61 Å². The van der Waals surface area contributed by atoms with Gasteiger partial charge in [0.2, 0.25) is 0 Å². The van der Waals surface area contributed by atoms with Crippen LogP contribution in [0.1, 0.15) is 23.0 Å². The van der Waals surface area contributed by atoms with Crippen molar-refractivity contribution >= 4 is 17.8 Å². The standard InChI is InChI=1S/C20H17N3O5/c1-2-27-17-8-6-14(7-9-17)20(24)22-21-13-18-10-11-19(28-18)15-4-3-5-16(12-15)23(25)26/h3-13H,2H2,1H3,(H,22,24)/b21-13+. The van der Waals surface area contributed by atoms with E-state index in [1.54, 1.807) is 48.5 Å². The minimum absolute atomic E-state index is 0.0215. The number of nitro benzene ring substituents is 1. The Morgan fingerprint density at radius 1 is 1.21 bits per heavy atom. The average molecular weight is 379 g/mol. The lowest BCUT2D eigenvalue weighted by atomic mass is 10.1. The summed E-state index contributed by atoms with van der Waals surface area (Å²) in [7, 11) is 0. The molecule has 0 aliphatic rings. The number of carbonyl (C=O) groups is 1. The van der Waals surface area contributed by atoms with Crippen LogP contribution in [0, 0.1) is 10.1 Å². The maximum Gasteiger partial charge on any atom is 0.271 e. The topological polar surface area (TPSA) is 107 Å². The molecule has 0 bridgehead atoms. The van der Waals surface area contributed by atoms with Crippen molar-refractivity contribution in [2.24, 2.45) is 5.10 Å². The van der Waals surface area contributed by atoms with E-state index in [1.165, 1.54) is 18.3 Å². The first-order valence-corrected chi connectivity index (χ1v) is 8.47. The number of nitrogens with one attached hydrogen (secondary N) is 1. The normalized spacial score (nSPS) is 10.8. The minimum Gasteiger partial charge on any atom is -0.494 e. The zero-order chi connectivity index (χ0) is 19.9. The molecule has 1 aromatic heterocycles. The SMILES string of the molecule is CCOc1ccc(C(=O)N/N=C/c2ccc(-c3cccc([N+](=O)[O-])c3)o2)cc1. The van der Waals surface area contributed by atoms with Gasteiger partial charge in [0.15, 0.2) is 0 Å². The summed E-state index contributed by atoms with van der Waals surface area (Å²) in [4.78, 5) is 22.5. The Morgan fingerprint density at radius 3 is 2.71 bits per heavy atom. The smallest absolute Gasteiger partial charge is 0.271 e. The lowest BCUT2D eigenvalue weighted by Crippen LogP contribution is -2.17. The van der Waals surface area contributed by atoms with E-state index < -0.39 is 4.92 Å². The van der Waals surface area contributed by atoms with E-state index in [9.17, 15) is 14.9 Å². The lowest BCUT2D eigenvalue weighted by Gasteiger charge is -2.03. The number of hydrogen-bond donors (Lipinski definition) is 1. The summed E-state index contributed by atoms with van der Waals surface area (Å²) >= 11 is 0. The number of nitro groups is 1. The highest BCUT2D eigenvalue weighted by molar-refractivity contribution is 5.94. The van der Waals surface area contributed by atoms with Gasteiger partial charge < -0.3 is 9.15 Å². The number of amides is 1. The Labute approximate surface area is 160 Å². The van der Waals surface area contributed by atoms with Gasteiger partial charge in [0.25, 0.3) is 11.6 Å². The molecule has 0 atom stereocenters. The van der Waals surface area contributed by atoms with Gasteiger partial charge in [-0.25, -0.2) is 5.43 Å². The Morgan fingerprint density at radius 2 is 2.00 bits per heavy atom. The minimum atomic E-state index is -0.467. The van der Waals surface area contributed by atoms with Gasteiger partial charge in [-0.2, -0.15) is 5.10 Å². The molecule has 0 unspecified atom stereocenters. The molecule has 0 saturated carbocycles. The van der Waals surface area contributed by atoms with Crippen LogP contribution in [0.3, 0.4) is 0 Å². The zero-order valence-corrected chi connectivity index (χ0v) is 15.0. The first-order valence-electron chi connectivity index (χ1n) is 8.47. The molecule has 1 N–H and O–H groups in total. The maximum atomic E-state index is 12.1. The van der Waals surface area contributed by atoms with Crippen LogP contribution in [0.4, 0.5) is 5.69 Å². The van der Waals surface area contributed by atoms with Gasteiger partial charge in [0.05, 0.1) is 17.7 Å². The number of non-ortho nitro benzene ring substituents is 1. The molecule has 1 heterocycles. The molecule has 0 aliphatic carbocycles. The molecular formula is C20H17N3O5. The summed E-state index contributed by atoms with van der Waals surface area (Å²) < 4.78 is 10.9. The molecule has 8 nitrogen and oxygen atoms in total. The second kappa shape index (κ2) is 8.63. The fourth-order valence-electron chi connectivity index (χ4n) is 2.44. The summed E-state index contributed by atoms with van der Waals surface area (Å²) in [5, 5.41) is 14.7. The molecule has 0 fully saturated rings. The van der Waals surface area contributed by atoms with Crippen molar-refractivity contribution in [3.8, 4) is 17.1 Å². The van der Waals surface area contributed by atoms with Gasteiger partial charge in [-0.3, -0.25) is 14.9 Å². The zero-order valence-electron chi connectivity index (χ0n) is 15.0. The molecule has 8 heteroatoms. The molecule has 0 aliphatic heterocycles. The quantitative estimate of drug-likeness (QED) is 0.379. The van der Waals surface area contributed by atoms with E-state index in [0.717, 1.165) is 0 Å². The molecule has 28 heavy (non-hydrogen) atoms. The van der Waals surface area contributed by atoms with Gasteiger partial charge >= 0.3 is 0 Å². The van der Waals surface area contributed by atoms with E-state index in [2.05, 4.69) is 10.5 Å². The third-order valence-corrected chi connectivity index (χ3v) is 3.75. The number of ether oxygens (including phenoxy) is 1. The van der Waals surface area contributed by atoms with Crippen LogP contribution < -0.4 is 10.2 Å². The largest absolute Gasteiger partial charge is 0.494 e. The first-order chi connectivity index (χ1) is 13.6. The fraction of sp³-hybridized carbons (Fsp3) is 0.100. The fourth-order valence-corrected chi connectivity index (χ4v) is 2.44. The van der Waals surface area contributed by atoms with Gasteiger partial charge in [0.1, 0.15) is 17.3 Å². The van der Waals surface area contributed by atoms with E-state index >= 15 is 0 Å². The predicted molar refractivity (Wildman–Crippen MR) is 103 cm³/mol. The number of hydrogen-bond acceptors (Lipinski definition) is 6. The van der Waals surface area contributed by atoms with Crippen molar-refractivity contribution < 1.29 is 18.9 Å². The lowest BCUT2D eigenvalue weighted by molar-refractivity contribution is -0.384. The third-order valence-electron chi connectivity index (χ3n) is 3.75. The molecule has 142 valence electrons. The van der Waals surface area contributed by atoms with Crippen LogP contribution in [0.25, 0.3) is 11.3 Å². The molecule has 0 saturated heterocycles. The van der Waals surface area contributed by atoms with E-state index in [-0.39, 0.29) is 11.6 Å². The van der Waals surface area contributed by atoms with E-state index in [1.807, 2.05) is 6.92 Å². The van der Waals surface area contributed by atoms with Gasteiger partial charge in [-0.15, -0.1) is 0 Å². The Balaban J connectivity index is 1.63. The van der Waals surface area contributed by atoms with Crippen LogP contribution in [-0.4, -0.2) is 23.7 Å². The van der Waals surface area contributed by atoms with Crippen LogP contribution in [0.2, 0.25) is 0 Å². The Bertz CT molecular complexity index is 1010. The molecule has 0 radical (unpaired) electrons. The summed E-state index contributed by atoms with van der Waals surface area (Å²) in [5.74, 6) is 1.17. The van der Waals surface area contributed by atoms with Crippen LogP contribution in [0.5, 0.6) is 5.75 Å². The van der Waals surface area contributed by atoms with E-state index in [0.29, 0.717) is 35.0 Å². The Kier molecular flexibility index (Phi) is 5.81. The predicted octanol–water partition coefficient (Wildman–Crippen LogP) is 4.02. The van der Waals surface area contributed by atoms with E-state index in [4.69, 9.17) is 9.15 Å². The maximum absolute atomic E-state index is 12.1. The number of carbonyl (C=O) groups excluding carboxylic acids is 1. The second-order valence-corrected chi connectivity index (χ2v) is 5.67. The third kappa shape index (κ3) is 4.61. The highest BCUT2D eigenvalue weighted by atomic mass is 16.6. The van der Waals surface area contributed by atoms with Gasteiger partial charge in [0, 0.05) is 23.3 Å². The van der Waals surface area contributed by atoms with Crippen molar-refractivity contribution in [1.29, 1.82) is 0 Å². The molecule has 2 aromatic carbocycles. The van der Waals surface area contributed by atoms with Crippen LogP contribution >= 0.6 is 0 Å². The number of benzene rings is 2. The number of nitrogens with zero attached hydrogens (tertiary/aromatic N) is 2. The number of furan rings is 1. The van der Waals surface area contributed by atoms with Crippen molar-refractivity contribution in [2.45, 2.75) is 6.92 Å². The summed E-state index contributed by atoms with van der Waals surface area (Å²) in [6, 6.07) is 16.2. The van der Waals surface area contributed by atoms with Gasteiger partial charge in [-0.1, -0.05) is 12.1 Å². The van der Waals surface area contributed by atoms with Crippen molar-refractivity contribution in [3.63, 3.8) is 0 Å². The highest BCUT2D eigenvalue weighted by Crippen LogP contribution is 2.25. The molecular weight excluding hydrogens is 362 g/mol. The van der Waals surface area contributed by atoms with Gasteiger partial charge in [-0.05, 0) is 43.3 Å². The summed E-state index contributed by atoms with van der Waals surface area (Å²) in [5.41, 5.74) is 3.41. The van der Waals surface area contributed by atoms with Crippen LogP contribution in [-0.2, 0) is 0 Å². The summed E-state index contributed by atoms with van der Waals surface area (Å²) in [6.45, 7) is 2.44.